The molecule has 1 aliphatic rings. The second kappa shape index (κ2) is 15.4. The third-order valence-corrected chi connectivity index (χ3v) is 6.78. The Morgan fingerprint density at radius 3 is 2.28 bits per heavy atom. The van der Waals surface area contributed by atoms with Gasteiger partial charge < -0.3 is 41.6 Å². The smallest absolute Gasteiger partial charge is 0.272 e. The number of hydrogen-bond acceptors (Lipinski definition) is 8. The summed E-state index contributed by atoms with van der Waals surface area (Å²) >= 11 is 0. The number of aliphatic hydroxyl groups is 1. The summed E-state index contributed by atoms with van der Waals surface area (Å²) in [4.78, 5) is 86.2. The molecule has 0 unspecified atom stereocenters. The number of aromatic amines is 1. The molecule has 232 valence electrons. The maximum atomic E-state index is 13.3. The lowest BCUT2D eigenvalue weighted by Crippen LogP contribution is -2.60. The second-order valence-corrected chi connectivity index (χ2v) is 10.5. The molecule has 1 aromatic heterocycles. The SMILES string of the molecule is CC(C)[C@H]1NC(=O)CN(C(=O)c2cnc[nH]2)CCNC(=O)[C@@H](Cc2ccccc2)NC(=O)[C@H](CO)NC(=O)[C@H](C)NC1=O. The zero-order chi connectivity index (χ0) is 31.5. The van der Waals surface area contributed by atoms with E-state index in [9.17, 15) is 33.9 Å². The number of rotatable bonds is 5. The Labute approximate surface area is 248 Å². The Hall–Kier alpha value is -4.79. The van der Waals surface area contributed by atoms with Crippen LogP contribution in [-0.2, 0) is 30.4 Å². The molecule has 2 heterocycles. The number of imidazole rings is 1. The van der Waals surface area contributed by atoms with Crippen LogP contribution in [0.3, 0.4) is 0 Å². The van der Waals surface area contributed by atoms with Crippen LogP contribution in [0.25, 0.3) is 0 Å². The van der Waals surface area contributed by atoms with Crippen molar-refractivity contribution >= 4 is 35.4 Å². The molecule has 1 saturated heterocycles. The van der Waals surface area contributed by atoms with Crippen LogP contribution in [0, 0.1) is 5.92 Å². The molecule has 0 radical (unpaired) electrons. The highest BCUT2D eigenvalue weighted by molar-refractivity contribution is 5.97. The van der Waals surface area contributed by atoms with Gasteiger partial charge in [0.2, 0.25) is 29.5 Å². The maximum absolute atomic E-state index is 13.3. The minimum atomic E-state index is -1.42. The second-order valence-electron chi connectivity index (χ2n) is 10.5. The van der Waals surface area contributed by atoms with Crippen molar-refractivity contribution in [2.75, 3.05) is 26.2 Å². The van der Waals surface area contributed by atoms with E-state index < -0.39 is 78.7 Å². The molecule has 6 amide bonds. The maximum Gasteiger partial charge on any atom is 0.272 e. The lowest BCUT2D eigenvalue weighted by Gasteiger charge is -2.28. The lowest BCUT2D eigenvalue weighted by molar-refractivity contribution is -0.135. The van der Waals surface area contributed by atoms with E-state index in [2.05, 4.69) is 36.6 Å². The average Bonchev–Trinajstić information content (AvgIpc) is 3.52. The van der Waals surface area contributed by atoms with Crippen molar-refractivity contribution in [2.45, 2.75) is 51.4 Å². The fraction of sp³-hybridized carbons (Fsp3) is 0.464. The minimum absolute atomic E-state index is 0.0844. The Balaban J connectivity index is 1.91. The van der Waals surface area contributed by atoms with Crippen LogP contribution in [0.5, 0.6) is 0 Å². The molecule has 43 heavy (non-hydrogen) atoms. The van der Waals surface area contributed by atoms with Gasteiger partial charge in [-0.25, -0.2) is 4.98 Å². The number of carbonyl (C=O) groups is 6. The molecule has 1 aliphatic heterocycles. The highest BCUT2D eigenvalue weighted by Gasteiger charge is 2.32. The molecule has 0 bridgehead atoms. The highest BCUT2D eigenvalue weighted by Crippen LogP contribution is 2.07. The predicted octanol–water partition coefficient (Wildman–Crippen LogP) is -2.17. The molecule has 3 rings (SSSR count). The van der Waals surface area contributed by atoms with E-state index in [1.807, 2.05) is 0 Å². The summed E-state index contributed by atoms with van der Waals surface area (Å²) < 4.78 is 0. The summed E-state index contributed by atoms with van der Waals surface area (Å²) in [6.45, 7) is 3.39. The summed E-state index contributed by atoms with van der Waals surface area (Å²) in [5, 5.41) is 22.6. The fourth-order valence-corrected chi connectivity index (χ4v) is 4.35. The molecule has 0 spiro atoms. The van der Waals surface area contributed by atoms with Crippen molar-refractivity contribution < 1.29 is 33.9 Å². The van der Waals surface area contributed by atoms with Gasteiger partial charge in [0.25, 0.3) is 5.91 Å². The fourth-order valence-electron chi connectivity index (χ4n) is 4.35. The van der Waals surface area contributed by atoms with Crippen molar-refractivity contribution in [3.05, 3.63) is 54.1 Å². The van der Waals surface area contributed by atoms with Crippen molar-refractivity contribution in [3.63, 3.8) is 0 Å². The topological polar surface area (TPSA) is 215 Å². The van der Waals surface area contributed by atoms with E-state index >= 15 is 0 Å². The number of hydrogen-bond donors (Lipinski definition) is 7. The van der Waals surface area contributed by atoms with Gasteiger partial charge >= 0.3 is 0 Å². The van der Waals surface area contributed by atoms with Gasteiger partial charge in [-0.1, -0.05) is 44.2 Å². The van der Waals surface area contributed by atoms with E-state index in [0.29, 0.717) is 0 Å². The van der Waals surface area contributed by atoms with Gasteiger partial charge in [-0.3, -0.25) is 28.8 Å². The normalized spacial score (nSPS) is 23.3. The first kappa shape index (κ1) is 32.7. The quantitative estimate of drug-likeness (QED) is 0.201. The Bertz CT molecular complexity index is 1290. The first-order valence-electron chi connectivity index (χ1n) is 13.9. The largest absolute Gasteiger partial charge is 0.394 e. The van der Waals surface area contributed by atoms with E-state index in [1.165, 1.54) is 24.3 Å². The third-order valence-electron chi connectivity index (χ3n) is 6.78. The number of carbonyl (C=O) groups excluding carboxylic acids is 6. The number of nitrogens with one attached hydrogen (secondary N) is 6. The molecule has 7 N–H and O–H groups in total. The summed E-state index contributed by atoms with van der Waals surface area (Å²) in [6, 6.07) is 4.17. The van der Waals surface area contributed by atoms with Crippen LogP contribution >= 0.6 is 0 Å². The van der Waals surface area contributed by atoms with E-state index in [4.69, 9.17) is 0 Å². The monoisotopic (exact) mass is 598 g/mol. The first-order valence-corrected chi connectivity index (χ1v) is 13.9. The zero-order valence-electron chi connectivity index (χ0n) is 24.3. The zero-order valence-corrected chi connectivity index (χ0v) is 24.3. The average molecular weight is 599 g/mol. The van der Waals surface area contributed by atoms with Crippen LogP contribution in [-0.4, -0.2) is 106 Å². The Morgan fingerprint density at radius 1 is 0.953 bits per heavy atom. The summed E-state index contributed by atoms with van der Waals surface area (Å²) in [5.41, 5.74) is 0.849. The molecule has 15 nitrogen and oxygen atoms in total. The van der Waals surface area contributed by atoms with Gasteiger partial charge in [-0.15, -0.1) is 0 Å². The number of H-pyrrole nitrogens is 1. The molecule has 1 aromatic carbocycles. The van der Waals surface area contributed by atoms with Gasteiger partial charge in [0, 0.05) is 19.5 Å². The van der Waals surface area contributed by atoms with Crippen molar-refractivity contribution in [3.8, 4) is 0 Å². The molecular weight excluding hydrogens is 560 g/mol. The van der Waals surface area contributed by atoms with Gasteiger partial charge in [-0.05, 0) is 18.4 Å². The first-order chi connectivity index (χ1) is 20.5. The van der Waals surface area contributed by atoms with Crippen molar-refractivity contribution in [2.24, 2.45) is 5.92 Å². The van der Waals surface area contributed by atoms with Gasteiger partial charge in [0.05, 0.1) is 25.7 Å². The highest BCUT2D eigenvalue weighted by atomic mass is 16.3. The Kier molecular flexibility index (Phi) is 11.8. The molecular formula is C28H38N8O7. The van der Waals surface area contributed by atoms with Crippen LogP contribution in [0.2, 0.25) is 0 Å². The van der Waals surface area contributed by atoms with Crippen LogP contribution in [0.4, 0.5) is 0 Å². The molecule has 2 aromatic rings. The predicted molar refractivity (Wildman–Crippen MR) is 153 cm³/mol. The molecule has 4 atom stereocenters. The van der Waals surface area contributed by atoms with Gasteiger partial charge in [-0.2, -0.15) is 0 Å². The molecule has 1 fully saturated rings. The minimum Gasteiger partial charge on any atom is -0.394 e. The summed E-state index contributed by atoms with van der Waals surface area (Å²) in [6.07, 6.45) is 2.70. The van der Waals surface area contributed by atoms with Crippen LogP contribution in [0.1, 0.15) is 36.8 Å². The van der Waals surface area contributed by atoms with Crippen molar-refractivity contribution in [1.82, 2.24) is 41.5 Å². The Morgan fingerprint density at radius 2 is 1.65 bits per heavy atom. The summed E-state index contributed by atoms with van der Waals surface area (Å²) in [5.74, 6) is -4.40. The van der Waals surface area contributed by atoms with E-state index in [0.717, 1.165) is 5.56 Å². The van der Waals surface area contributed by atoms with Gasteiger partial charge in [0.1, 0.15) is 29.9 Å². The van der Waals surface area contributed by atoms with E-state index in [1.54, 1.807) is 44.2 Å². The molecule has 0 aliphatic carbocycles. The third kappa shape index (κ3) is 9.36. The summed E-state index contributed by atoms with van der Waals surface area (Å²) in [7, 11) is 0. The lowest BCUT2D eigenvalue weighted by atomic mass is 10.0. The number of benzene rings is 1. The van der Waals surface area contributed by atoms with Gasteiger partial charge in [0.15, 0.2) is 0 Å². The number of amides is 6. The number of nitrogens with zero attached hydrogens (tertiary/aromatic N) is 2. The number of aromatic nitrogens is 2. The molecule has 0 saturated carbocycles. The standard InChI is InChI=1S/C28H38N8O7/c1-16(2)23-27(42)32-17(3)24(39)34-21(14-37)26(41)33-19(11-18-7-5-4-6-8-18)25(40)30-9-10-36(13-22(38)35-23)28(43)20-12-29-15-31-20/h4-8,12,15-17,19,21,23,37H,9-11,13-14H2,1-3H3,(H,29,31)(H,30,40)(H,32,42)(H,33,41)(H,34,39)(H,35,38)/t17-,19+,21-,23+/m0/s1. The van der Waals surface area contributed by atoms with Crippen LogP contribution < -0.4 is 26.6 Å². The van der Waals surface area contributed by atoms with E-state index in [-0.39, 0.29) is 25.2 Å². The number of aliphatic hydroxyl groups excluding tert-OH is 1. The molecule has 15 heteroatoms. The van der Waals surface area contributed by atoms with Crippen LogP contribution in [0.15, 0.2) is 42.9 Å². The van der Waals surface area contributed by atoms with Crippen molar-refractivity contribution in [1.29, 1.82) is 0 Å².